The van der Waals surface area contributed by atoms with Crippen LogP contribution in [0.1, 0.15) is 26.7 Å². The molecule has 0 heterocycles. The molecule has 0 aliphatic heterocycles. The van der Waals surface area contributed by atoms with E-state index in [1.54, 1.807) is 0 Å². The number of rotatable bonds is 6. The van der Waals surface area contributed by atoms with Gasteiger partial charge in [0, 0.05) is 15.2 Å². The normalized spacial score (nSPS) is 18.3. The average Bonchev–Trinajstić information content (AvgIpc) is 2.11. The minimum absolute atomic E-state index is 0.194. The molecule has 0 saturated heterocycles. The predicted octanol–water partition coefficient (Wildman–Crippen LogP) is 5.67. The fourth-order valence-electron chi connectivity index (χ4n) is 0.974. The molecule has 2 atom stereocenters. The lowest BCUT2D eigenvalue weighted by molar-refractivity contribution is 0.559. The molecule has 0 bridgehead atoms. The molecule has 0 aromatic heterocycles. The van der Waals surface area contributed by atoms with Crippen molar-refractivity contribution in [2.45, 2.75) is 41.3 Å². The molecule has 0 nitrogen and oxygen atoms in total. The Morgan fingerprint density at radius 3 is 2.13 bits per heavy atom. The van der Waals surface area contributed by atoms with Gasteiger partial charge >= 0.3 is 0 Å². The van der Waals surface area contributed by atoms with Crippen LogP contribution in [0.25, 0.3) is 0 Å². The fourth-order valence-corrected chi connectivity index (χ4v) is 2.36. The Balaban J connectivity index is 4.31. The molecule has 0 aromatic carbocycles. The van der Waals surface area contributed by atoms with Crippen molar-refractivity contribution in [2.75, 3.05) is 5.33 Å². The second-order valence-electron chi connectivity index (χ2n) is 4.07. The van der Waals surface area contributed by atoms with E-state index < -0.39 is 4.87 Å². The van der Waals surface area contributed by atoms with Crippen molar-refractivity contribution in [3.05, 3.63) is 11.6 Å². The Morgan fingerprint density at radius 2 is 1.87 bits per heavy atom. The van der Waals surface area contributed by atoms with Gasteiger partial charge in [-0.25, -0.2) is 0 Å². The SMILES string of the molecule is C=C(Cl)[C@](Cl)(CBr)CC[C@H](Br)C(C)(C)Cl. The number of hydrogen-bond donors (Lipinski definition) is 0. The summed E-state index contributed by atoms with van der Waals surface area (Å²) in [6.45, 7) is 7.62. The first-order valence-corrected chi connectivity index (χ1v) is 7.73. The van der Waals surface area contributed by atoms with E-state index in [1.165, 1.54) is 0 Å². The summed E-state index contributed by atoms with van der Waals surface area (Å²) in [5.41, 5.74) is 0. The quantitative estimate of drug-likeness (QED) is 0.503. The molecular formula is C10H15Br2Cl3. The minimum Gasteiger partial charge on any atom is -0.119 e. The molecule has 0 radical (unpaired) electrons. The van der Waals surface area contributed by atoms with E-state index in [0.717, 1.165) is 12.8 Å². The highest BCUT2D eigenvalue weighted by Gasteiger charge is 2.32. The second-order valence-corrected chi connectivity index (χ2v) is 7.89. The first-order valence-electron chi connectivity index (χ1n) is 4.56. The van der Waals surface area contributed by atoms with Crippen molar-refractivity contribution < 1.29 is 0 Å². The Labute approximate surface area is 124 Å². The monoisotopic (exact) mass is 398 g/mol. The molecular weight excluding hydrogens is 386 g/mol. The van der Waals surface area contributed by atoms with Crippen LogP contribution in [0.4, 0.5) is 0 Å². The van der Waals surface area contributed by atoms with Gasteiger partial charge in [0.25, 0.3) is 0 Å². The van der Waals surface area contributed by atoms with E-state index in [1.807, 2.05) is 13.8 Å². The zero-order valence-corrected chi connectivity index (χ0v) is 14.2. The summed E-state index contributed by atoms with van der Waals surface area (Å²) >= 11 is 25.3. The van der Waals surface area contributed by atoms with Gasteiger partial charge in [0.05, 0.1) is 9.75 Å². The lowest BCUT2D eigenvalue weighted by Crippen LogP contribution is -2.30. The largest absolute Gasteiger partial charge is 0.119 e. The van der Waals surface area contributed by atoms with Gasteiger partial charge in [-0.05, 0) is 26.7 Å². The van der Waals surface area contributed by atoms with E-state index in [2.05, 4.69) is 38.4 Å². The highest BCUT2D eigenvalue weighted by molar-refractivity contribution is 9.09. The third-order valence-electron chi connectivity index (χ3n) is 2.24. The van der Waals surface area contributed by atoms with Crippen molar-refractivity contribution in [1.29, 1.82) is 0 Å². The van der Waals surface area contributed by atoms with Crippen LogP contribution in [0.15, 0.2) is 11.6 Å². The van der Waals surface area contributed by atoms with Gasteiger partial charge in [-0.2, -0.15) is 0 Å². The summed E-state index contributed by atoms with van der Waals surface area (Å²) in [6.07, 6.45) is 1.57. The highest BCUT2D eigenvalue weighted by atomic mass is 79.9. The van der Waals surface area contributed by atoms with Crippen LogP contribution in [0, 0.1) is 0 Å². The maximum atomic E-state index is 6.31. The molecule has 0 unspecified atom stereocenters. The van der Waals surface area contributed by atoms with Gasteiger partial charge in [0.1, 0.15) is 0 Å². The van der Waals surface area contributed by atoms with Crippen molar-refractivity contribution in [3.63, 3.8) is 0 Å². The predicted molar refractivity (Wildman–Crippen MR) is 79.3 cm³/mol. The lowest BCUT2D eigenvalue weighted by Gasteiger charge is -2.28. The summed E-state index contributed by atoms with van der Waals surface area (Å²) < 4.78 is 0. The zero-order chi connectivity index (χ0) is 12.3. The Morgan fingerprint density at radius 1 is 1.40 bits per heavy atom. The minimum atomic E-state index is -0.588. The van der Waals surface area contributed by atoms with Gasteiger partial charge in [0.15, 0.2) is 0 Å². The van der Waals surface area contributed by atoms with Gasteiger partial charge in [-0.3, -0.25) is 0 Å². The standard InChI is InChI=1S/C10H15Br2Cl3/c1-7(13)10(15,6-11)5-4-8(12)9(2,3)14/h8H,1,4-6H2,2-3H3/t8-,10+/m0/s1. The van der Waals surface area contributed by atoms with Crippen molar-refractivity contribution in [2.24, 2.45) is 0 Å². The molecule has 0 rings (SSSR count). The van der Waals surface area contributed by atoms with E-state index in [9.17, 15) is 0 Å². The molecule has 90 valence electrons. The Bertz CT molecular complexity index is 225. The molecule has 0 aliphatic rings. The van der Waals surface area contributed by atoms with E-state index in [0.29, 0.717) is 10.4 Å². The number of hydrogen-bond acceptors (Lipinski definition) is 0. The third-order valence-corrected chi connectivity index (χ3v) is 6.66. The molecule has 0 saturated carbocycles. The Kier molecular flexibility index (Phi) is 7.17. The maximum absolute atomic E-state index is 6.31. The molecule has 0 aliphatic carbocycles. The molecule has 0 amide bonds. The number of alkyl halides is 4. The molecule has 0 aromatic rings. The third kappa shape index (κ3) is 5.63. The second kappa shape index (κ2) is 6.49. The van der Waals surface area contributed by atoms with E-state index in [4.69, 9.17) is 34.8 Å². The maximum Gasteiger partial charge on any atom is 0.0891 e. The zero-order valence-electron chi connectivity index (χ0n) is 8.80. The summed E-state index contributed by atoms with van der Waals surface area (Å²) in [5.74, 6) is 0. The van der Waals surface area contributed by atoms with E-state index >= 15 is 0 Å². The first-order chi connectivity index (χ1) is 6.63. The van der Waals surface area contributed by atoms with Crippen LogP contribution in [0.3, 0.4) is 0 Å². The molecule has 0 spiro atoms. The van der Waals surface area contributed by atoms with Crippen LogP contribution in [-0.4, -0.2) is 19.9 Å². The lowest BCUT2D eigenvalue weighted by atomic mass is 9.98. The van der Waals surface area contributed by atoms with Gasteiger partial charge in [-0.15, -0.1) is 23.2 Å². The topological polar surface area (TPSA) is 0 Å². The summed E-state index contributed by atoms with van der Waals surface area (Å²) in [5, 5.41) is 1.06. The molecule has 15 heavy (non-hydrogen) atoms. The molecule has 0 fully saturated rings. The summed E-state index contributed by atoms with van der Waals surface area (Å²) in [4.78, 5) is -0.687. The van der Waals surface area contributed by atoms with Crippen LogP contribution in [-0.2, 0) is 0 Å². The van der Waals surface area contributed by atoms with Crippen LogP contribution < -0.4 is 0 Å². The van der Waals surface area contributed by atoms with Gasteiger partial charge in [-0.1, -0.05) is 50.0 Å². The van der Waals surface area contributed by atoms with Crippen LogP contribution in [0.5, 0.6) is 0 Å². The van der Waals surface area contributed by atoms with Crippen LogP contribution >= 0.6 is 66.7 Å². The highest BCUT2D eigenvalue weighted by Crippen LogP contribution is 2.37. The van der Waals surface area contributed by atoms with Crippen molar-refractivity contribution in [1.82, 2.24) is 0 Å². The van der Waals surface area contributed by atoms with Crippen molar-refractivity contribution in [3.8, 4) is 0 Å². The molecule has 0 N–H and O–H groups in total. The summed E-state index contributed by atoms with van der Waals surface area (Å²) in [6, 6.07) is 0. The Hall–Kier alpha value is 1.57. The van der Waals surface area contributed by atoms with Crippen LogP contribution in [0.2, 0.25) is 0 Å². The number of halogens is 5. The average molecular weight is 401 g/mol. The van der Waals surface area contributed by atoms with Gasteiger partial charge < -0.3 is 0 Å². The first kappa shape index (κ1) is 16.6. The van der Waals surface area contributed by atoms with Crippen molar-refractivity contribution >= 4 is 66.7 Å². The molecule has 5 heteroatoms. The fraction of sp³-hybridized carbons (Fsp3) is 0.800. The number of allylic oxidation sites excluding steroid dienone is 1. The van der Waals surface area contributed by atoms with E-state index in [-0.39, 0.29) is 9.70 Å². The van der Waals surface area contributed by atoms with Gasteiger partial charge in [0.2, 0.25) is 0 Å². The smallest absolute Gasteiger partial charge is 0.0891 e. The summed E-state index contributed by atoms with van der Waals surface area (Å²) in [7, 11) is 0.